The number of nitrogens with one attached hydrogen (secondary N) is 1. The summed E-state index contributed by atoms with van der Waals surface area (Å²) in [5.74, 6) is 0.598. The molecule has 0 spiro atoms. The second-order valence-electron chi connectivity index (χ2n) is 5.83. The Morgan fingerprint density at radius 1 is 0.880 bits per heavy atom. The van der Waals surface area contributed by atoms with Crippen molar-refractivity contribution in [2.75, 3.05) is 7.11 Å². The number of fused-ring (bicyclic) bond motifs is 4. The van der Waals surface area contributed by atoms with E-state index in [0.717, 1.165) is 44.1 Å². The van der Waals surface area contributed by atoms with E-state index in [0.29, 0.717) is 5.88 Å². The van der Waals surface area contributed by atoms with E-state index in [-0.39, 0.29) is 0 Å². The van der Waals surface area contributed by atoms with Gasteiger partial charge in [-0.05, 0) is 24.3 Å². The van der Waals surface area contributed by atoms with E-state index < -0.39 is 0 Å². The maximum absolute atomic E-state index is 5.26. The van der Waals surface area contributed by atoms with Crippen LogP contribution in [-0.4, -0.2) is 27.0 Å². The molecule has 5 aromatic rings. The van der Waals surface area contributed by atoms with Gasteiger partial charge in [0.1, 0.15) is 0 Å². The quantitative estimate of drug-likeness (QED) is 0.524. The Balaban J connectivity index is 1.87. The van der Waals surface area contributed by atoms with E-state index in [1.165, 1.54) is 0 Å². The van der Waals surface area contributed by atoms with E-state index >= 15 is 0 Å². The number of benzene rings is 1. The molecule has 25 heavy (non-hydrogen) atoms. The molecule has 5 rings (SSSR count). The molecule has 0 bridgehead atoms. The lowest BCUT2D eigenvalue weighted by molar-refractivity contribution is 0.399. The van der Waals surface area contributed by atoms with Crippen molar-refractivity contribution in [3.05, 3.63) is 60.9 Å². The Bertz CT molecular complexity index is 1240. The van der Waals surface area contributed by atoms with Crippen LogP contribution in [0.4, 0.5) is 0 Å². The van der Waals surface area contributed by atoms with Crippen LogP contribution in [0, 0.1) is 0 Å². The fourth-order valence-corrected chi connectivity index (χ4v) is 3.29. The number of methoxy groups -OCH3 is 1. The van der Waals surface area contributed by atoms with Crippen LogP contribution >= 0.6 is 0 Å². The minimum Gasteiger partial charge on any atom is -0.481 e. The molecule has 4 aromatic heterocycles. The normalized spacial score (nSPS) is 11.4. The highest BCUT2D eigenvalue weighted by Gasteiger charge is 2.14. The zero-order chi connectivity index (χ0) is 16.8. The summed E-state index contributed by atoms with van der Waals surface area (Å²) < 4.78 is 5.26. The van der Waals surface area contributed by atoms with Crippen LogP contribution < -0.4 is 4.74 Å². The first-order valence-electron chi connectivity index (χ1n) is 8.01. The van der Waals surface area contributed by atoms with Crippen molar-refractivity contribution in [1.82, 2.24) is 19.9 Å². The van der Waals surface area contributed by atoms with Gasteiger partial charge in [-0.3, -0.25) is 9.97 Å². The van der Waals surface area contributed by atoms with Crippen molar-refractivity contribution in [2.45, 2.75) is 0 Å². The smallest absolute Gasteiger partial charge is 0.213 e. The molecular formula is C20H14N4O. The van der Waals surface area contributed by atoms with Gasteiger partial charge in [-0.1, -0.05) is 18.2 Å². The third kappa shape index (κ3) is 2.06. The van der Waals surface area contributed by atoms with Crippen LogP contribution in [0.1, 0.15) is 0 Å². The number of pyridine rings is 3. The fourth-order valence-electron chi connectivity index (χ4n) is 3.29. The number of ether oxygens (including phenoxy) is 1. The number of hydrogen-bond donors (Lipinski definition) is 1. The van der Waals surface area contributed by atoms with Gasteiger partial charge in [-0.25, -0.2) is 4.98 Å². The molecule has 0 radical (unpaired) electrons. The number of aromatic amines is 1. The average Bonchev–Trinajstić information content (AvgIpc) is 3.05. The van der Waals surface area contributed by atoms with E-state index in [2.05, 4.69) is 26.0 Å². The number of hydrogen-bond acceptors (Lipinski definition) is 4. The lowest BCUT2D eigenvalue weighted by Crippen LogP contribution is -1.88. The van der Waals surface area contributed by atoms with Gasteiger partial charge in [0.05, 0.1) is 34.9 Å². The zero-order valence-electron chi connectivity index (χ0n) is 13.5. The van der Waals surface area contributed by atoms with Crippen molar-refractivity contribution in [1.29, 1.82) is 0 Å². The van der Waals surface area contributed by atoms with Gasteiger partial charge in [-0.2, -0.15) is 0 Å². The van der Waals surface area contributed by atoms with Crippen LogP contribution in [0.3, 0.4) is 0 Å². The number of H-pyrrole nitrogens is 1. The summed E-state index contributed by atoms with van der Waals surface area (Å²) in [7, 11) is 1.62. The Morgan fingerprint density at radius 3 is 2.68 bits per heavy atom. The molecule has 5 nitrogen and oxygen atoms in total. The maximum Gasteiger partial charge on any atom is 0.213 e. The van der Waals surface area contributed by atoms with E-state index in [9.17, 15) is 0 Å². The highest BCUT2D eigenvalue weighted by Crippen LogP contribution is 2.34. The third-order valence-corrected chi connectivity index (χ3v) is 4.45. The van der Waals surface area contributed by atoms with Gasteiger partial charge in [0.25, 0.3) is 0 Å². The van der Waals surface area contributed by atoms with Crippen LogP contribution in [0.5, 0.6) is 5.88 Å². The molecule has 0 saturated heterocycles. The summed E-state index contributed by atoms with van der Waals surface area (Å²) >= 11 is 0. The monoisotopic (exact) mass is 326 g/mol. The standard InChI is InChI=1S/C20H14N4O/c1-25-17-7-6-16-18(24-17)14-9-11-22-19(20(14)23-16)13-8-10-21-15-5-3-2-4-12(13)15/h2-11,23H,1H3. The first-order valence-corrected chi connectivity index (χ1v) is 8.01. The highest BCUT2D eigenvalue weighted by atomic mass is 16.5. The summed E-state index contributed by atoms with van der Waals surface area (Å²) in [4.78, 5) is 17.1. The second kappa shape index (κ2) is 5.27. The van der Waals surface area contributed by atoms with Crippen LogP contribution in [-0.2, 0) is 0 Å². The molecule has 0 aliphatic rings. The van der Waals surface area contributed by atoms with Gasteiger partial charge in [0, 0.05) is 34.8 Å². The zero-order valence-corrected chi connectivity index (χ0v) is 13.5. The minimum absolute atomic E-state index is 0.598. The topological polar surface area (TPSA) is 63.7 Å². The molecular weight excluding hydrogens is 312 g/mol. The van der Waals surface area contributed by atoms with Gasteiger partial charge in [0.2, 0.25) is 5.88 Å². The molecule has 120 valence electrons. The molecule has 0 saturated carbocycles. The van der Waals surface area contributed by atoms with Crippen molar-refractivity contribution < 1.29 is 4.74 Å². The van der Waals surface area contributed by atoms with E-state index in [1.807, 2.05) is 54.9 Å². The molecule has 0 amide bonds. The maximum atomic E-state index is 5.26. The predicted octanol–water partition coefficient (Wildman–Crippen LogP) is 4.33. The predicted molar refractivity (Wildman–Crippen MR) is 98.7 cm³/mol. The minimum atomic E-state index is 0.598. The lowest BCUT2D eigenvalue weighted by Gasteiger charge is -2.06. The largest absolute Gasteiger partial charge is 0.481 e. The third-order valence-electron chi connectivity index (χ3n) is 4.45. The summed E-state index contributed by atoms with van der Waals surface area (Å²) in [6.45, 7) is 0. The second-order valence-corrected chi connectivity index (χ2v) is 5.83. The molecule has 0 unspecified atom stereocenters. The van der Waals surface area contributed by atoms with Crippen LogP contribution in [0.25, 0.3) is 44.1 Å². The van der Waals surface area contributed by atoms with Gasteiger partial charge in [0.15, 0.2) is 0 Å². The number of rotatable bonds is 2. The molecule has 5 heteroatoms. The highest BCUT2D eigenvalue weighted by molar-refractivity contribution is 6.11. The number of aromatic nitrogens is 4. The molecule has 1 aromatic carbocycles. The summed E-state index contributed by atoms with van der Waals surface area (Å²) in [6.07, 6.45) is 3.64. The van der Waals surface area contributed by atoms with Gasteiger partial charge >= 0.3 is 0 Å². The number of para-hydroxylation sites is 1. The summed E-state index contributed by atoms with van der Waals surface area (Å²) in [5.41, 5.74) is 5.71. The van der Waals surface area contributed by atoms with Crippen molar-refractivity contribution in [2.24, 2.45) is 0 Å². The van der Waals surface area contributed by atoms with Crippen molar-refractivity contribution >= 4 is 32.8 Å². The summed E-state index contributed by atoms with van der Waals surface area (Å²) in [6, 6.07) is 15.9. The molecule has 0 aliphatic carbocycles. The molecule has 1 N–H and O–H groups in total. The Labute approximate surface area is 143 Å². The first-order chi connectivity index (χ1) is 12.3. The Morgan fingerprint density at radius 2 is 1.76 bits per heavy atom. The van der Waals surface area contributed by atoms with Crippen LogP contribution in [0.2, 0.25) is 0 Å². The van der Waals surface area contributed by atoms with Crippen LogP contribution in [0.15, 0.2) is 60.9 Å². The lowest BCUT2D eigenvalue weighted by atomic mass is 10.0. The molecule has 0 atom stereocenters. The SMILES string of the molecule is COc1ccc2[nH]c3c(-c4ccnc5ccccc45)nccc3c2n1. The van der Waals surface area contributed by atoms with Gasteiger partial charge in [-0.15, -0.1) is 0 Å². The molecule has 4 heterocycles. The Hall–Kier alpha value is -3.47. The van der Waals surface area contributed by atoms with Gasteiger partial charge < -0.3 is 9.72 Å². The fraction of sp³-hybridized carbons (Fsp3) is 0.0500. The van der Waals surface area contributed by atoms with E-state index in [1.54, 1.807) is 7.11 Å². The Kier molecular flexibility index (Phi) is 2.94. The van der Waals surface area contributed by atoms with Crippen molar-refractivity contribution in [3.63, 3.8) is 0 Å². The van der Waals surface area contributed by atoms with Crippen molar-refractivity contribution in [3.8, 4) is 17.1 Å². The van der Waals surface area contributed by atoms with E-state index in [4.69, 9.17) is 4.74 Å². The average molecular weight is 326 g/mol. The molecule has 0 aliphatic heterocycles. The number of nitrogens with zero attached hydrogens (tertiary/aromatic N) is 3. The summed E-state index contributed by atoms with van der Waals surface area (Å²) in [5, 5.41) is 2.11. The first kappa shape index (κ1) is 13.9. The molecule has 0 fully saturated rings.